The molecule has 7 heteroatoms. The number of hydrogen-bond acceptors (Lipinski definition) is 6. The van der Waals surface area contributed by atoms with Gasteiger partial charge in [-0.1, -0.05) is 48.6 Å². The first-order valence-corrected chi connectivity index (χ1v) is 14.5. The molecule has 4 aromatic rings. The number of aromatic nitrogens is 1. The number of carbonyl (C=O) groups excluding carboxylic acids is 1. The van der Waals surface area contributed by atoms with Gasteiger partial charge in [0.05, 0.1) is 37.5 Å². The summed E-state index contributed by atoms with van der Waals surface area (Å²) >= 11 is 0. The monoisotopic (exact) mass is 563 g/mol. The van der Waals surface area contributed by atoms with Crippen LogP contribution in [0.1, 0.15) is 47.2 Å². The Labute approximate surface area is 246 Å². The number of benzene rings is 3. The van der Waals surface area contributed by atoms with Crippen LogP contribution in [0.4, 0.5) is 0 Å². The van der Waals surface area contributed by atoms with E-state index in [1.807, 2.05) is 36.4 Å². The van der Waals surface area contributed by atoms with Crippen LogP contribution in [0.25, 0.3) is 17.0 Å². The van der Waals surface area contributed by atoms with Crippen LogP contribution >= 0.6 is 0 Å². The van der Waals surface area contributed by atoms with E-state index < -0.39 is 5.41 Å². The van der Waals surface area contributed by atoms with E-state index in [2.05, 4.69) is 47.4 Å². The molecule has 0 saturated heterocycles. The van der Waals surface area contributed by atoms with Crippen molar-refractivity contribution in [3.63, 3.8) is 0 Å². The van der Waals surface area contributed by atoms with Crippen molar-refractivity contribution in [2.45, 2.75) is 37.6 Å². The van der Waals surface area contributed by atoms with Crippen LogP contribution in [0.15, 0.2) is 72.8 Å². The molecule has 1 amide bonds. The highest BCUT2D eigenvalue weighted by Crippen LogP contribution is 2.47. The molecular formula is C35H37N3O4. The van der Waals surface area contributed by atoms with Crippen molar-refractivity contribution >= 4 is 22.9 Å². The molecule has 1 unspecified atom stereocenters. The number of para-hydroxylation sites is 2. The fourth-order valence-electron chi connectivity index (χ4n) is 6.50. The zero-order chi connectivity index (χ0) is 29.1. The minimum Gasteiger partial charge on any atom is -0.493 e. The number of amides is 1. The fourth-order valence-corrected chi connectivity index (χ4v) is 6.50. The Morgan fingerprint density at radius 2 is 1.74 bits per heavy atom. The quantitative estimate of drug-likeness (QED) is 0.251. The zero-order valence-corrected chi connectivity index (χ0v) is 24.3. The second kappa shape index (κ2) is 11.9. The molecule has 1 aliphatic heterocycles. The first-order chi connectivity index (χ1) is 20.5. The Balaban J connectivity index is 1.20. The Morgan fingerprint density at radius 1 is 0.976 bits per heavy atom. The zero-order valence-electron chi connectivity index (χ0n) is 24.3. The van der Waals surface area contributed by atoms with Gasteiger partial charge < -0.3 is 19.9 Å². The summed E-state index contributed by atoms with van der Waals surface area (Å²) in [5, 5.41) is 1.07. The molecular weight excluding hydrogens is 526 g/mol. The second-order valence-corrected chi connectivity index (χ2v) is 11.2. The van der Waals surface area contributed by atoms with Crippen molar-refractivity contribution in [3.8, 4) is 17.2 Å². The summed E-state index contributed by atoms with van der Waals surface area (Å²) in [7, 11) is 3.35. The number of nitrogens with zero attached hydrogens (tertiary/aromatic N) is 2. The largest absolute Gasteiger partial charge is 0.493 e. The topological polar surface area (TPSA) is 86.9 Å². The highest BCUT2D eigenvalue weighted by Gasteiger charge is 2.42. The second-order valence-electron chi connectivity index (χ2n) is 11.2. The lowest BCUT2D eigenvalue weighted by atomic mass is 9.68. The Hall–Kier alpha value is -4.36. The van der Waals surface area contributed by atoms with E-state index in [1.165, 1.54) is 11.1 Å². The molecule has 7 nitrogen and oxygen atoms in total. The summed E-state index contributed by atoms with van der Waals surface area (Å²) in [5.74, 6) is 1.96. The molecule has 0 spiro atoms. The van der Waals surface area contributed by atoms with E-state index >= 15 is 0 Å². The number of nitrogens with two attached hydrogens (primary N) is 1. The Kier molecular flexibility index (Phi) is 7.85. The van der Waals surface area contributed by atoms with Crippen molar-refractivity contribution in [1.82, 2.24) is 9.88 Å². The number of rotatable bonds is 10. The molecule has 1 aromatic heterocycles. The number of allylic oxidation sites excluding steroid dienone is 1. The predicted molar refractivity (Wildman–Crippen MR) is 165 cm³/mol. The van der Waals surface area contributed by atoms with Gasteiger partial charge in [0.2, 0.25) is 5.91 Å². The molecule has 1 atom stereocenters. The van der Waals surface area contributed by atoms with Gasteiger partial charge in [-0.05, 0) is 66.3 Å². The third-order valence-corrected chi connectivity index (χ3v) is 8.52. The highest BCUT2D eigenvalue weighted by atomic mass is 16.5. The van der Waals surface area contributed by atoms with Gasteiger partial charge in [0.15, 0.2) is 11.5 Å². The number of carbonyl (C=O) groups is 1. The van der Waals surface area contributed by atoms with Gasteiger partial charge in [0, 0.05) is 37.0 Å². The third kappa shape index (κ3) is 5.32. The Morgan fingerprint density at radius 3 is 2.55 bits per heavy atom. The minimum atomic E-state index is -0.701. The molecule has 2 aliphatic rings. The summed E-state index contributed by atoms with van der Waals surface area (Å²) in [4.78, 5) is 20.1. The van der Waals surface area contributed by atoms with Gasteiger partial charge in [-0.15, -0.1) is 0 Å². The number of fused-ring (bicyclic) bond motifs is 3. The van der Waals surface area contributed by atoms with Crippen molar-refractivity contribution < 1.29 is 19.0 Å². The molecule has 1 aliphatic carbocycles. The summed E-state index contributed by atoms with van der Waals surface area (Å²) < 4.78 is 17.5. The molecule has 2 N–H and O–H groups in total. The van der Waals surface area contributed by atoms with Gasteiger partial charge in [-0.2, -0.15) is 0 Å². The summed E-state index contributed by atoms with van der Waals surface area (Å²) in [6, 6.07) is 22.4. The van der Waals surface area contributed by atoms with E-state index in [9.17, 15) is 4.79 Å². The van der Waals surface area contributed by atoms with Gasteiger partial charge in [-0.25, -0.2) is 0 Å². The van der Waals surface area contributed by atoms with E-state index in [0.29, 0.717) is 13.0 Å². The normalized spacial score (nSPS) is 17.9. The van der Waals surface area contributed by atoms with Crippen LogP contribution in [-0.2, 0) is 23.2 Å². The maximum atomic E-state index is 12.5. The Bertz CT molecular complexity index is 1650. The lowest BCUT2D eigenvalue weighted by molar-refractivity contribution is -0.119. The lowest BCUT2D eigenvalue weighted by Gasteiger charge is -2.37. The number of methoxy groups -OCH3 is 2. The van der Waals surface area contributed by atoms with Gasteiger partial charge in [0.1, 0.15) is 5.75 Å². The highest BCUT2D eigenvalue weighted by molar-refractivity contribution is 5.84. The van der Waals surface area contributed by atoms with E-state index in [4.69, 9.17) is 24.9 Å². The van der Waals surface area contributed by atoms with E-state index in [0.717, 1.165) is 77.4 Å². The maximum Gasteiger partial charge on any atom is 0.218 e. The summed E-state index contributed by atoms with van der Waals surface area (Å²) in [6.07, 6.45) is 6.84. The standard InChI is InChI=1S/C35H37N3O4/c1-40-31-20-24-14-17-38(23-27(24)21-32(31)41-2)16-8-18-42-30-13-6-4-11-28(30)35(22-33(36)39)15-7-10-26-19-25-9-3-5-12-29(25)37-34(26)35/h3-7,9-13,19-21H,8,14-18,22-23H2,1-2H3,(H2,36,39). The lowest BCUT2D eigenvalue weighted by Crippen LogP contribution is -2.36. The summed E-state index contributed by atoms with van der Waals surface area (Å²) in [6.45, 7) is 3.34. The molecule has 3 aromatic carbocycles. The SMILES string of the molecule is COc1cc2c(cc1OC)CN(CCCOc1ccccc1C1(CC(N)=O)CC=Cc3cc4ccccc4nc31)CC2. The van der Waals surface area contributed by atoms with E-state index in [-0.39, 0.29) is 12.3 Å². The average Bonchev–Trinajstić information content (AvgIpc) is 3.01. The molecule has 0 bridgehead atoms. The average molecular weight is 564 g/mol. The molecule has 42 heavy (non-hydrogen) atoms. The van der Waals surface area contributed by atoms with Crippen molar-refractivity contribution in [2.75, 3.05) is 33.9 Å². The van der Waals surface area contributed by atoms with Crippen molar-refractivity contribution in [3.05, 3.63) is 101 Å². The van der Waals surface area contributed by atoms with Crippen molar-refractivity contribution in [2.24, 2.45) is 5.73 Å². The minimum absolute atomic E-state index is 0.150. The third-order valence-electron chi connectivity index (χ3n) is 8.52. The first-order valence-electron chi connectivity index (χ1n) is 14.5. The first kappa shape index (κ1) is 27.8. The molecule has 216 valence electrons. The van der Waals surface area contributed by atoms with Crippen LogP contribution in [-0.4, -0.2) is 49.7 Å². The predicted octanol–water partition coefficient (Wildman–Crippen LogP) is 5.66. The van der Waals surface area contributed by atoms with Crippen LogP contribution in [0.2, 0.25) is 0 Å². The molecule has 6 rings (SSSR count). The molecule has 0 radical (unpaired) electrons. The van der Waals surface area contributed by atoms with Gasteiger partial charge >= 0.3 is 0 Å². The summed E-state index contributed by atoms with van der Waals surface area (Å²) in [5.41, 5.74) is 11.5. The van der Waals surface area contributed by atoms with Crippen LogP contribution in [0.3, 0.4) is 0 Å². The van der Waals surface area contributed by atoms with Gasteiger partial charge in [0.25, 0.3) is 0 Å². The van der Waals surface area contributed by atoms with Crippen LogP contribution in [0, 0.1) is 0 Å². The fraction of sp³-hybridized carbons (Fsp3) is 0.314. The van der Waals surface area contributed by atoms with Crippen LogP contribution in [0.5, 0.6) is 17.2 Å². The maximum absolute atomic E-state index is 12.5. The smallest absolute Gasteiger partial charge is 0.218 e. The number of hydrogen-bond donors (Lipinski definition) is 1. The van der Waals surface area contributed by atoms with Crippen molar-refractivity contribution in [1.29, 1.82) is 0 Å². The number of ether oxygens (including phenoxy) is 3. The van der Waals surface area contributed by atoms with Gasteiger partial charge in [-0.3, -0.25) is 14.7 Å². The van der Waals surface area contributed by atoms with E-state index in [1.54, 1.807) is 14.2 Å². The molecule has 2 heterocycles. The van der Waals surface area contributed by atoms with Crippen LogP contribution < -0.4 is 19.9 Å². The molecule has 0 fully saturated rings. The molecule has 0 saturated carbocycles. The number of primary amides is 1. The number of pyridine rings is 1.